The molecule has 0 spiro atoms. The zero-order valence-electron chi connectivity index (χ0n) is 17.1. The molecule has 1 aliphatic heterocycles. The zero-order valence-corrected chi connectivity index (χ0v) is 17.1. The van der Waals surface area contributed by atoms with Crippen molar-refractivity contribution in [3.05, 3.63) is 47.1 Å². The van der Waals surface area contributed by atoms with Gasteiger partial charge in [-0.25, -0.2) is 9.59 Å². The first-order valence-corrected chi connectivity index (χ1v) is 9.62. The van der Waals surface area contributed by atoms with Crippen LogP contribution in [0, 0.1) is 5.92 Å². The minimum Gasteiger partial charge on any atom is -0.461 e. The summed E-state index contributed by atoms with van der Waals surface area (Å²) in [5.41, 5.74) is 2.19. The van der Waals surface area contributed by atoms with Crippen molar-refractivity contribution >= 4 is 17.9 Å². The first kappa shape index (κ1) is 22.6. The zero-order chi connectivity index (χ0) is 21.6. The largest absolute Gasteiger partial charge is 0.461 e. The third-order valence-electron chi connectivity index (χ3n) is 5.09. The van der Waals surface area contributed by atoms with Gasteiger partial charge in [0.05, 0.1) is 12.5 Å². The van der Waals surface area contributed by atoms with Crippen LogP contribution in [-0.2, 0) is 28.6 Å². The van der Waals surface area contributed by atoms with Gasteiger partial charge in [0.1, 0.15) is 18.8 Å². The fourth-order valence-electron chi connectivity index (χ4n) is 3.39. The molecule has 0 saturated carbocycles. The minimum atomic E-state index is -0.710. The van der Waals surface area contributed by atoms with Crippen LogP contribution in [0.4, 0.5) is 0 Å². The van der Waals surface area contributed by atoms with Crippen LogP contribution in [0.2, 0.25) is 0 Å². The topological polar surface area (TPSA) is 99.1 Å². The number of allylic oxidation sites excluding steroid dienone is 2. The molecular formula is C22H28O7. The van der Waals surface area contributed by atoms with Gasteiger partial charge in [-0.15, -0.1) is 0 Å². The van der Waals surface area contributed by atoms with Crippen LogP contribution in [-0.4, -0.2) is 48.4 Å². The Labute approximate surface area is 170 Å². The van der Waals surface area contributed by atoms with Crippen LogP contribution in [0.3, 0.4) is 0 Å². The van der Waals surface area contributed by atoms with Gasteiger partial charge in [-0.05, 0) is 43.9 Å². The molecule has 2 aliphatic rings. The smallest absolute Gasteiger partial charge is 0.334 e. The van der Waals surface area contributed by atoms with E-state index in [-0.39, 0.29) is 25.2 Å². The number of rotatable bonds is 5. The molecule has 1 N–H and O–H groups in total. The van der Waals surface area contributed by atoms with Gasteiger partial charge < -0.3 is 19.3 Å². The summed E-state index contributed by atoms with van der Waals surface area (Å²) in [6.07, 6.45) is 5.35. The molecule has 1 heterocycles. The molecule has 29 heavy (non-hydrogen) atoms. The normalized spacial score (nSPS) is 29.0. The highest BCUT2D eigenvalue weighted by Gasteiger charge is 2.44. The molecule has 0 aromatic heterocycles. The maximum atomic E-state index is 12.1. The highest BCUT2D eigenvalue weighted by Crippen LogP contribution is 2.36. The molecule has 7 nitrogen and oxygen atoms in total. The second-order valence-electron chi connectivity index (χ2n) is 7.20. The van der Waals surface area contributed by atoms with Crippen molar-refractivity contribution in [1.29, 1.82) is 0 Å². The summed E-state index contributed by atoms with van der Waals surface area (Å²) in [5.74, 6) is -2.05. The average Bonchev–Trinajstić information content (AvgIpc) is 2.96. The lowest BCUT2D eigenvalue weighted by atomic mass is 9.85. The number of fused-ring (bicyclic) bond motifs is 1. The van der Waals surface area contributed by atoms with Gasteiger partial charge in [0.2, 0.25) is 0 Å². The number of carbonyl (C=O) groups is 3. The highest BCUT2D eigenvalue weighted by atomic mass is 16.6. The molecule has 0 bridgehead atoms. The van der Waals surface area contributed by atoms with Gasteiger partial charge in [0.25, 0.3) is 0 Å². The van der Waals surface area contributed by atoms with Crippen LogP contribution in [0.25, 0.3) is 0 Å². The van der Waals surface area contributed by atoms with Gasteiger partial charge >= 0.3 is 17.9 Å². The molecule has 0 radical (unpaired) electrons. The van der Waals surface area contributed by atoms with Crippen LogP contribution in [0.15, 0.2) is 47.1 Å². The Bertz CT molecular complexity index is 772. The Kier molecular flexibility index (Phi) is 7.96. The molecule has 3 atom stereocenters. The van der Waals surface area contributed by atoms with E-state index < -0.39 is 36.0 Å². The van der Waals surface area contributed by atoms with E-state index in [0.29, 0.717) is 24.0 Å². The minimum absolute atomic E-state index is 0.0403. The Morgan fingerprint density at radius 2 is 2.07 bits per heavy atom. The molecule has 0 unspecified atom stereocenters. The molecule has 2 rings (SSSR count). The Morgan fingerprint density at radius 3 is 2.69 bits per heavy atom. The summed E-state index contributed by atoms with van der Waals surface area (Å²) in [6, 6.07) is 0. The number of hydrogen-bond acceptors (Lipinski definition) is 7. The summed E-state index contributed by atoms with van der Waals surface area (Å²) in [7, 11) is 0. The van der Waals surface area contributed by atoms with E-state index in [1.807, 2.05) is 6.08 Å². The number of aliphatic hydroxyl groups is 1. The third kappa shape index (κ3) is 5.90. The van der Waals surface area contributed by atoms with Crippen molar-refractivity contribution in [3.8, 4) is 0 Å². The van der Waals surface area contributed by atoms with Crippen molar-refractivity contribution in [2.75, 3.05) is 13.2 Å². The van der Waals surface area contributed by atoms with Crippen molar-refractivity contribution in [2.24, 2.45) is 5.92 Å². The first-order valence-electron chi connectivity index (χ1n) is 9.62. The van der Waals surface area contributed by atoms with Crippen LogP contribution in [0.5, 0.6) is 0 Å². The Morgan fingerprint density at radius 1 is 1.34 bits per heavy atom. The number of aliphatic hydroxyl groups excluding tert-OH is 1. The molecule has 1 saturated heterocycles. The van der Waals surface area contributed by atoms with E-state index in [1.165, 1.54) is 6.92 Å². The Balaban J connectivity index is 2.33. The van der Waals surface area contributed by atoms with Gasteiger partial charge in [-0.1, -0.05) is 18.7 Å². The molecule has 0 aromatic rings. The number of hydrogen-bond donors (Lipinski definition) is 1. The van der Waals surface area contributed by atoms with Gasteiger partial charge in [-0.3, -0.25) is 4.79 Å². The number of carbonyl (C=O) groups excluding carboxylic acids is 3. The van der Waals surface area contributed by atoms with Gasteiger partial charge in [-0.2, -0.15) is 0 Å². The molecule has 7 heteroatoms. The van der Waals surface area contributed by atoms with E-state index in [1.54, 1.807) is 26.0 Å². The fourth-order valence-corrected chi connectivity index (χ4v) is 3.39. The third-order valence-corrected chi connectivity index (χ3v) is 5.09. The predicted molar refractivity (Wildman–Crippen MR) is 106 cm³/mol. The van der Waals surface area contributed by atoms with E-state index in [0.717, 1.165) is 5.57 Å². The van der Waals surface area contributed by atoms with Gasteiger partial charge in [0, 0.05) is 24.5 Å². The molecule has 1 aliphatic carbocycles. The average molecular weight is 404 g/mol. The SMILES string of the molecule is C=C1C(=O)O[C@H]2/C=C(\CO)CC/C=C(\COC(=O)/C(C)=C/C)C[C@@H](OC(C)=O)[C@@H]12. The van der Waals surface area contributed by atoms with Crippen molar-refractivity contribution in [2.45, 2.75) is 52.2 Å². The predicted octanol–water partition coefficient (Wildman–Crippen LogP) is 2.55. The molecule has 0 amide bonds. The van der Waals surface area contributed by atoms with Crippen LogP contribution >= 0.6 is 0 Å². The molecule has 0 aromatic carbocycles. The van der Waals surface area contributed by atoms with Crippen molar-refractivity contribution < 1.29 is 33.7 Å². The van der Waals surface area contributed by atoms with E-state index >= 15 is 0 Å². The van der Waals surface area contributed by atoms with Crippen molar-refractivity contribution in [1.82, 2.24) is 0 Å². The lowest BCUT2D eigenvalue weighted by molar-refractivity contribution is -0.149. The second-order valence-corrected chi connectivity index (χ2v) is 7.20. The molecule has 158 valence electrons. The molecule has 1 fully saturated rings. The lowest BCUT2D eigenvalue weighted by Crippen LogP contribution is -2.33. The summed E-state index contributed by atoms with van der Waals surface area (Å²) in [4.78, 5) is 35.8. The standard InChI is InChI=1S/C22H28O7/c1-5-13(2)21(25)27-12-17-8-6-7-16(11-23)9-19-20(14(3)22(26)29-19)18(10-17)28-15(4)24/h5,8-9,18-20,23H,3,6-7,10-12H2,1-2,4H3/b13-5+,16-9-,17-8-/t18-,19+,20-/m1/s1. The Hall–Kier alpha value is -2.67. The first-order chi connectivity index (χ1) is 13.8. The summed E-state index contributed by atoms with van der Waals surface area (Å²) >= 11 is 0. The maximum Gasteiger partial charge on any atom is 0.334 e. The quantitative estimate of drug-likeness (QED) is 0.325. The van der Waals surface area contributed by atoms with E-state index in [2.05, 4.69) is 6.58 Å². The summed E-state index contributed by atoms with van der Waals surface area (Å²) < 4.78 is 16.3. The number of esters is 3. The lowest BCUT2D eigenvalue weighted by Gasteiger charge is -2.27. The maximum absolute atomic E-state index is 12.1. The van der Waals surface area contributed by atoms with E-state index in [9.17, 15) is 19.5 Å². The summed E-state index contributed by atoms with van der Waals surface area (Å²) in [6.45, 7) is 8.39. The highest BCUT2D eigenvalue weighted by molar-refractivity contribution is 5.91. The van der Waals surface area contributed by atoms with Crippen molar-refractivity contribution in [3.63, 3.8) is 0 Å². The fraction of sp³-hybridized carbons (Fsp3) is 0.500. The number of ether oxygens (including phenoxy) is 3. The summed E-state index contributed by atoms with van der Waals surface area (Å²) in [5, 5.41) is 9.65. The van der Waals surface area contributed by atoms with Gasteiger partial charge in [0.15, 0.2) is 0 Å². The second kappa shape index (κ2) is 10.2. The van der Waals surface area contributed by atoms with Crippen LogP contribution < -0.4 is 0 Å². The van der Waals surface area contributed by atoms with E-state index in [4.69, 9.17) is 14.2 Å². The molecular weight excluding hydrogens is 376 g/mol. The van der Waals surface area contributed by atoms with Crippen LogP contribution in [0.1, 0.15) is 40.0 Å². The monoisotopic (exact) mass is 404 g/mol.